The lowest BCUT2D eigenvalue weighted by Gasteiger charge is -2.29. The molecule has 7 heteroatoms. The molecule has 0 spiro atoms. The summed E-state index contributed by atoms with van der Waals surface area (Å²) in [5.41, 5.74) is 4.66. The molecule has 0 radical (unpaired) electrons. The van der Waals surface area contributed by atoms with Crippen LogP contribution in [-0.4, -0.2) is 14.7 Å². The monoisotopic (exact) mass is 520 g/mol. The second kappa shape index (κ2) is 10.1. The van der Waals surface area contributed by atoms with Crippen molar-refractivity contribution < 1.29 is 9.13 Å². The summed E-state index contributed by atoms with van der Waals surface area (Å²) in [5.74, 6) is 1.23. The van der Waals surface area contributed by atoms with E-state index >= 15 is 0 Å². The highest BCUT2D eigenvalue weighted by Crippen LogP contribution is 2.42. The molecular formula is C31H25FN4OS. The molecule has 3 heterocycles. The molecule has 3 aromatic carbocycles. The molecule has 1 aliphatic rings. The van der Waals surface area contributed by atoms with Gasteiger partial charge in [-0.25, -0.2) is 4.39 Å². The van der Waals surface area contributed by atoms with Gasteiger partial charge >= 0.3 is 0 Å². The lowest BCUT2D eigenvalue weighted by atomic mass is 10.0. The summed E-state index contributed by atoms with van der Waals surface area (Å²) < 4.78 is 22.2. The molecule has 38 heavy (non-hydrogen) atoms. The average molecular weight is 521 g/mol. The highest BCUT2D eigenvalue weighted by molar-refractivity contribution is 7.80. The maximum Gasteiger partial charge on any atom is 0.174 e. The van der Waals surface area contributed by atoms with Crippen molar-refractivity contribution in [2.45, 2.75) is 19.0 Å². The van der Waals surface area contributed by atoms with E-state index in [1.54, 1.807) is 12.3 Å². The van der Waals surface area contributed by atoms with Crippen molar-refractivity contribution in [3.63, 3.8) is 0 Å². The minimum atomic E-state index is -0.287. The molecule has 0 saturated carbocycles. The minimum absolute atomic E-state index is 0.214. The summed E-state index contributed by atoms with van der Waals surface area (Å²) >= 11 is 5.87. The second-order valence-corrected chi connectivity index (χ2v) is 9.58. The number of halogens is 1. The van der Waals surface area contributed by atoms with Crippen LogP contribution in [0.1, 0.15) is 29.0 Å². The Morgan fingerprint density at radius 1 is 0.842 bits per heavy atom. The van der Waals surface area contributed by atoms with Crippen LogP contribution in [-0.2, 0) is 0 Å². The summed E-state index contributed by atoms with van der Waals surface area (Å²) in [6.45, 7) is 2.05. The number of anilines is 1. The molecule has 0 bridgehead atoms. The summed E-state index contributed by atoms with van der Waals surface area (Å²) in [5, 5.41) is 4.07. The predicted molar refractivity (Wildman–Crippen MR) is 151 cm³/mol. The molecule has 0 aliphatic carbocycles. The van der Waals surface area contributed by atoms with Gasteiger partial charge in [-0.3, -0.25) is 4.98 Å². The van der Waals surface area contributed by atoms with Crippen LogP contribution in [0.15, 0.2) is 116 Å². The average Bonchev–Trinajstić information content (AvgIpc) is 3.55. The molecule has 0 unspecified atom stereocenters. The van der Waals surface area contributed by atoms with Crippen LogP contribution >= 0.6 is 12.2 Å². The fourth-order valence-electron chi connectivity index (χ4n) is 4.85. The molecule has 0 amide bonds. The van der Waals surface area contributed by atoms with Crippen LogP contribution in [0.4, 0.5) is 10.1 Å². The largest absolute Gasteiger partial charge is 0.457 e. The number of hydrogen-bond donors (Lipinski definition) is 1. The van der Waals surface area contributed by atoms with Crippen molar-refractivity contribution >= 4 is 23.0 Å². The van der Waals surface area contributed by atoms with Gasteiger partial charge in [0.25, 0.3) is 0 Å². The lowest BCUT2D eigenvalue weighted by molar-refractivity contribution is 0.482. The van der Waals surface area contributed by atoms with Crippen LogP contribution in [0.2, 0.25) is 0 Å². The maximum atomic E-state index is 14.1. The lowest BCUT2D eigenvalue weighted by Crippen LogP contribution is -2.30. The van der Waals surface area contributed by atoms with Crippen molar-refractivity contribution in [2.24, 2.45) is 0 Å². The van der Waals surface area contributed by atoms with E-state index in [1.807, 2.05) is 103 Å². The predicted octanol–water partition coefficient (Wildman–Crippen LogP) is 7.29. The van der Waals surface area contributed by atoms with Crippen molar-refractivity contribution in [1.82, 2.24) is 14.9 Å². The second-order valence-electron chi connectivity index (χ2n) is 9.19. The number of rotatable bonds is 6. The van der Waals surface area contributed by atoms with E-state index in [1.165, 1.54) is 17.7 Å². The van der Waals surface area contributed by atoms with Crippen molar-refractivity contribution in [1.29, 1.82) is 0 Å². The van der Waals surface area contributed by atoms with Crippen molar-refractivity contribution in [3.05, 3.63) is 138 Å². The first-order valence-corrected chi connectivity index (χ1v) is 12.8. The van der Waals surface area contributed by atoms with Crippen LogP contribution in [0.5, 0.6) is 11.5 Å². The Morgan fingerprint density at radius 3 is 2.32 bits per heavy atom. The van der Waals surface area contributed by atoms with Crippen LogP contribution < -0.4 is 15.0 Å². The summed E-state index contributed by atoms with van der Waals surface area (Å²) in [6.07, 6.45) is 3.72. The van der Waals surface area contributed by atoms with Gasteiger partial charge in [0.15, 0.2) is 5.11 Å². The SMILES string of the molecule is Cc1ccc(Oc2ccc(N3C(=S)N[C@@H](c4ccccn4)[C@H]3c3cccn3-c3cccc(F)c3)cc2)cc1. The topological polar surface area (TPSA) is 42.3 Å². The Hall–Kier alpha value is -4.49. The molecule has 1 aliphatic heterocycles. The molecule has 6 rings (SSSR count). The Balaban J connectivity index is 1.39. The first-order chi connectivity index (χ1) is 18.6. The minimum Gasteiger partial charge on any atom is -0.457 e. The van der Waals surface area contributed by atoms with Crippen molar-refractivity contribution in [2.75, 3.05) is 4.90 Å². The highest BCUT2D eigenvalue weighted by atomic mass is 32.1. The number of thiocarbonyl (C=S) groups is 1. The van der Waals surface area contributed by atoms with E-state index in [0.29, 0.717) is 5.11 Å². The van der Waals surface area contributed by atoms with Crippen LogP contribution in [0.3, 0.4) is 0 Å². The molecular weight excluding hydrogens is 495 g/mol. The molecule has 1 fully saturated rings. The number of aromatic nitrogens is 2. The summed E-state index contributed by atoms with van der Waals surface area (Å²) in [7, 11) is 0. The highest BCUT2D eigenvalue weighted by Gasteiger charge is 2.42. The zero-order valence-corrected chi connectivity index (χ0v) is 21.5. The Kier molecular flexibility index (Phi) is 6.35. The van der Waals surface area contributed by atoms with Crippen molar-refractivity contribution in [3.8, 4) is 17.2 Å². The number of aryl methyl sites for hydroxylation is 1. The smallest absolute Gasteiger partial charge is 0.174 e. The van der Waals surface area contributed by atoms with E-state index in [0.717, 1.165) is 34.3 Å². The van der Waals surface area contributed by atoms with Gasteiger partial charge in [-0.05, 0) is 98.0 Å². The molecule has 5 nitrogen and oxygen atoms in total. The molecule has 5 aromatic rings. The number of nitrogens with zero attached hydrogens (tertiary/aromatic N) is 3. The normalized spacial score (nSPS) is 16.9. The van der Waals surface area contributed by atoms with Gasteiger partial charge in [-0.2, -0.15) is 0 Å². The Morgan fingerprint density at radius 2 is 1.61 bits per heavy atom. The van der Waals surface area contributed by atoms with Gasteiger partial charge in [0.05, 0.1) is 11.7 Å². The van der Waals surface area contributed by atoms with E-state index in [4.69, 9.17) is 17.0 Å². The third-order valence-corrected chi connectivity index (χ3v) is 6.95. The first-order valence-electron chi connectivity index (χ1n) is 12.4. The maximum absolute atomic E-state index is 14.1. The first kappa shape index (κ1) is 23.9. The third kappa shape index (κ3) is 4.64. The van der Waals surface area contributed by atoms with Crippen LogP contribution in [0, 0.1) is 12.7 Å². The molecule has 188 valence electrons. The fourth-order valence-corrected chi connectivity index (χ4v) is 5.19. The molecule has 1 N–H and O–H groups in total. The zero-order valence-electron chi connectivity index (χ0n) is 20.7. The number of pyridine rings is 1. The molecule has 1 saturated heterocycles. The van der Waals surface area contributed by atoms with E-state index in [-0.39, 0.29) is 17.9 Å². The Labute approximate surface area is 226 Å². The number of benzene rings is 3. The summed E-state index contributed by atoms with van der Waals surface area (Å²) in [4.78, 5) is 6.72. The standard InChI is InChI=1S/C31H25FN4OS/c1-21-10-14-25(15-11-21)37-26-16-12-23(13-17-26)36-30(29(34-31(36)38)27-8-2-3-18-33-27)28-9-5-19-35(28)24-7-4-6-22(32)20-24/h2-20,29-30H,1H3,(H,34,38)/t29-,30+/m0/s1. The van der Waals surface area contributed by atoms with E-state index < -0.39 is 0 Å². The van der Waals surface area contributed by atoms with Gasteiger partial charge in [-0.1, -0.05) is 29.8 Å². The van der Waals surface area contributed by atoms with E-state index in [2.05, 4.69) is 15.2 Å². The molecule has 2 aromatic heterocycles. The van der Waals surface area contributed by atoms with Gasteiger partial charge in [0.2, 0.25) is 0 Å². The molecule has 2 atom stereocenters. The van der Waals surface area contributed by atoms with Gasteiger partial charge in [-0.15, -0.1) is 0 Å². The van der Waals surface area contributed by atoms with Gasteiger partial charge < -0.3 is 19.5 Å². The van der Waals surface area contributed by atoms with Gasteiger partial charge in [0.1, 0.15) is 23.4 Å². The number of hydrogen-bond acceptors (Lipinski definition) is 3. The third-order valence-electron chi connectivity index (χ3n) is 6.64. The van der Waals surface area contributed by atoms with Gasteiger partial charge in [0, 0.05) is 29.5 Å². The van der Waals surface area contributed by atoms with Crippen LogP contribution in [0.25, 0.3) is 5.69 Å². The quantitative estimate of drug-likeness (QED) is 0.238. The zero-order chi connectivity index (χ0) is 26.1. The summed E-state index contributed by atoms with van der Waals surface area (Å²) in [6, 6.07) is 31.8. The van der Waals surface area contributed by atoms with E-state index in [9.17, 15) is 4.39 Å². The number of nitrogens with one attached hydrogen (secondary N) is 1. The fraction of sp³-hybridized carbons (Fsp3) is 0.0968. The Bertz CT molecular complexity index is 1570. The number of ether oxygens (including phenoxy) is 1.